The second-order valence-corrected chi connectivity index (χ2v) is 6.09. The van der Waals surface area contributed by atoms with Gasteiger partial charge in [0, 0.05) is 6.04 Å². The van der Waals surface area contributed by atoms with Gasteiger partial charge in [-0.3, -0.25) is 10.1 Å². The van der Waals surface area contributed by atoms with Crippen molar-refractivity contribution in [1.29, 1.82) is 0 Å². The summed E-state index contributed by atoms with van der Waals surface area (Å²) in [6.45, 7) is 6.66. The Morgan fingerprint density at radius 1 is 1.22 bits per heavy atom. The van der Waals surface area contributed by atoms with Crippen molar-refractivity contribution >= 4 is 5.91 Å². The zero-order chi connectivity index (χ0) is 13.1. The third-order valence-electron chi connectivity index (χ3n) is 4.62. The Morgan fingerprint density at radius 2 is 1.89 bits per heavy atom. The lowest BCUT2D eigenvalue weighted by Crippen LogP contribution is -2.45. The highest BCUT2D eigenvalue weighted by Crippen LogP contribution is 2.31. The number of nitrogens with one attached hydrogen (secondary N) is 1. The number of amides is 1. The Labute approximate surface area is 111 Å². The van der Waals surface area contributed by atoms with Gasteiger partial charge in [-0.25, -0.2) is 0 Å². The van der Waals surface area contributed by atoms with Gasteiger partial charge in [-0.2, -0.15) is 0 Å². The summed E-state index contributed by atoms with van der Waals surface area (Å²) >= 11 is 0. The van der Waals surface area contributed by atoms with Crippen molar-refractivity contribution in [3.05, 3.63) is 0 Å². The number of carbonyl (C=O) groups is 1. The van der Waals surface area contributed by atoms with Crippen LogP contribution in [0.25, 0.3) is 0 Å². The molecule has 1 saturated heterocycles. The topological polar surface area (TPSA) is 32.3 Å². The van der Waals surface area contributed by atoms with E-state index in [1.54, 1.807) is 0 Å². The fourth-order valence-electron chi connectivity index (χ4n) is 3.48. The Morgan fingerprint density at radius 3 is 2.44 bits per heavy atom. The molecule has 2 aliphatic rings. The number of hydrogen-bond donors (Lipinski definition) is 1. The van der Waals surface area contributed by atoms with Crippen LogP contribution in [0.3, 0.4) is 0 Å². The maximum atomic E-state index is 12.5. The second-order valence-electron chi connectivity index (χ2n) is 6.09. The molecule has 1 N–H and O–H groups in total. The van der Waals surface area contributed by atoms with Crippen LogP contribution in [-0.4, -0.2) is 29.1 Å². The third-order valence-corrected chi connectivity index (χ3v) is 4.62. The summed E-state index contributed by atoms with van der Waals surface area (Å²) in [6.07, 6.45) is 8.33. The van der Waals surface area contributed by atoms with E-state index in [9.17, 15) is 4.79 Å². The molecular weight excluding hydrogens is 224 g/mol. The normalized spacial score (nSPS) is 37.3. The van der Waals surface area contributed by atoms with E-state index in [4.69, 9.17) is 0 Å². The molecule has 0 aromatic carbocycles. The lowest BCUT2D eigenvalue weighted by Gasteiger charge is -2.36. The van der Waals surface area contributed by atoms with Crippen LogP contribution in [0, 0.1) is 5.92 Å². The number of hydrogen-bond acceptors (Lipinski definition) is 2. The van der Waals surface area contributed by atoms with Crippen LogP contribution in [0.4, 0.5) is 0 Å². The molecule has 1 aliphatic carbocycles. The van der Waals surface area contributed by atoms with E-state index in [0.717, 1.165) is 25.2 Å². The van der Waals surface area contributed by atoms with E-state index in [0.29, 0.717) is 11.9 Å². The van der Waals surface area contributed by atoms with Crippen LogP contribution in [-0.2, 0) is 4.79 Å². The Bertz CT molecular complexity index is 284. The van der Waals surface area contributed by atoms with Crippen LogP contribution < -0.4 is 5.32 Å². The van der Waals surface area contributed by atoms with Crippen LogP contribution >= 0.6 is 0 Å². The minimum Gasteiger partial charge on any atom is -0.323 e. The molecule has 18 heavy (non-hydrogen) atoms. The lowest BCUT2D eigenvalue weighted by molar-refractivity contribution is -0.133. The Balaban J connectivity index is 2.02. The number of rotatable bonds is 4. The van der Waals surface area contributed by atoms with Crippen molar-refractivity contribution < 1.29 is 4.79 Å². The summed E-state index contributed by atoms with van der Waals surface area (Å²) in [5.41, 5.74) is 0. The average molecular weight is 252 g/mol. The van der Waals surface area contributed by atoms with Crippen LogP contribution in [0.15, 0.2) is 0 Å². The van der Waals surface area contributed by atoms with E-state index < -0.39 is 0 Å². The molecule has 1 heterocycles. The first-order chi connectivity index (χ1) is 8.67. The van der Waals surface area contributed by atoms with E-state index in [1.165, 1.54) is 25.7 Å². The van der Waals surface area contributed by atoms with E-state index >= 15 is 0 Å². The van der Waals surface area contributed by atoms with Crippen molar-refractivity contribution in [2.24, 2.45) is 5.92 Å². The maximum absolute atomic E-state index is 12.5. The van der Waals surface area contributed by atoms with E-state index in [2.05, 4.69) is 31.0 Å². The molecule has 1 amide bonds. The van der Waals surface area contributed by atoms with Crippen molar-refractivity contribution in [3.63, 3.8) is 0 Å². The van der Waals surface area contributed by atoms with Crippen molar-refractivity contribution in [1.82, 2.24) is 10.2 Å². The first-order valence-electron chi connectivity index (χ1n) is 7.75. The lowest BCUT2D eigenvalue weighted by atomic mass is 9.86. The summed E-state index contributed by atoms with van der Waals surface area (Å²) in [4.78, 5) is 14.7. The van der Waals surface area contributed by atoms with Crippen LogP contribution in [0.1, 0.15) is 65.7 Å². The molecule has 2 atom stereocenters. The third kappa shape index (κ3) is 2.71. The van der Waals surface area contributed by atoms with Gasteiger partial charge >= 0.3 is 0 Å². The molecule has 0 radical (unpaired) electrons. The van der Waals surface area contributed by atoms with Gasteiger partial charge in [0.15, 0.2) is 0 Å². The highest BCUT2D eigenvalue weighted by atomic mass is 16.2. The molecule has 2 fully saturated rings. The van der Waals surface area contributed by atoms with Gasteiger partial charge < -0.3 is 4.90 Å². The first kappa shape index (κ1) is 13.9. The molecule has 0 aromatic heterocycles. The van der Waals surface area contributed by atoms with Gasteiger partial charge in [-0.1, -0.05) is 27.2 Å². The molecule has 0 spiro atoms. The molecular formula is C15H28N2O. The molecule has 3 nitrogen and oxygen atoms in total. The predicted octanol–water partition coefficient (Wildman–Crippen LogP) is 2.90. The highest BCUT2D eigenvalue weighted by molar-refractivity contribution is 5.84. The van der Waals surface area contributed by atoms with Crippen molar-refractivity contribution in [2.45, 2.75) is 84.0 Å². The summed E-state index contributed by atoms with van der Waals surface area (Å²) < 4.78 is 0. The fourth-order valence-corrected chi connectivity index (χ4v) is 3.48. The molecule has 2 unspecified atom stereocenters. The van der Waals surface area contributed by atoms with Gasteiger partial charge in [0.2, 0.25) is 5.91 Å². The summed E-state index contributed by atoms with van der Waals surface area (Å²) in [6, 6.07) is 0.576. The van der Waals surface area contributed by atoms with Gasteiger partial charge in [0.25, 0.3) is 0 Å². The van der Waals surface area contributed by atoms with E-state index in [1.807, 2.05) is 0 Å². The second kappa shape index (κ2) is 6.05. The summed E-state index contributed by atoms with van der Waals surface area (Å²) in [5, 5.41) is 3.53. The quantitative estimate of drug-likeness (QED) is 0.834. The van der Waals surface area contributed by atoms with Crippen molar-refractivity contribution in [3.8, 4) is 0 Å². The molecule has 3 heteroatoms. The summed E-state index contributed by atoms with van der Waals surface area (Å²) in [5.74, 6) is 1.21. The molecule has 104 valence electrons. The minimum absolute atomic E-state index is 0.0827. The Kier molecular flexibility index (Phi) is 4.66. The first-order valence-corrected chi connectivity index (χ1v) is 7.75. The van der Waals surface area contributed by atoms with Gasteiger partial charge in [-0.05, 0) is 44.4 Å². The zero-order valence-corrected chi connectivity index (χ0v) is 12.1. The van der Waals surface area contributed by atoms with Crippen molar-refractivity contribution in [2.75, 3.05) is 0 Å². The van der Waals surface area contributed by atoms with Gasteiger partial charge in [0.05, 0.1) is 12.2 Å². The largest absolute Gasteiger partial charge is 0.323 e. The number of carbonyl (C=O) groups excluding carboxylic acids is 1. The monoisotopic (exact) mass is 252 g/mol. The standard InChI is InChI=1S/C15H28N2O/c1-4-6-13-15(18)17(14(5-2)16-13)12-9-7-11(3)8-10-12/h11-14,16H,4-10H2,1-3H3. The Hall–Kier alpha value is -0.570. The maximum Gasteiger partial charge on any atom is 0.241 e. The average Bonchev–Trinajstić information content (AvgIpc) is 2.68. The molecule has 1 saturated carbocycles. The fraction of sp³-hybridized carbons (Fsp3) is 0.933. The van der Waals surface area contributed by atoms with E-state index in [-0.39, 0.29) is 12.2 Å². The smallest absolute Gasteiger partial charge is 0.241 e. The van der Waals surface area contributed by atoms with Gasteiger partial charge in [0.1, 0.15) is 0 Å². The molecule has 2 rings (SSSR count). The molecule has 0 bridgehead atoms. The molecule has 0 aromatic rings. The van der Waals surface area contributed by atoms with Crippen LogP contribution in [0.2, 0.25) is 0 Å². The zero-order valence-electron chi connectivity index (χ0n) is 12.1. The number of nitrogens with zero attached hydrogens (tertiary/aromatic N) is 1. The molecule has 1 aliphatic heterocycles. The van der Waals surface area contributed by atoms with Gasteiger partial charge in [-0.15, -0.1) is 0 Å². The van der Waals surface area contributed by atoms with Crippen LogP contribution in [0.5, 0.6) is 0 Å². The SMILES string of the molecule is CCCC1NC(CC)N(C2CCC(C)CC2)C1=O. The highest BCUT2D eigenvalue weighted by Gasteiger charge is 2.41. The summed E-state index contributed by atoms with van der Waals surface area (Å²) in [7, 11) is 0. The minimum atomic E-state index is 0.0827. The predicted molar refractivity (Wildman–Crippen MR) is 74.2 cm³/mol.